The highest BCUT2D eigenvalue weighted by Gasteiger charge is 2.09. The second kappa shape index (κ2) is 5.82. The van der Waals surface area contributed by atoms with E-state index in [1.807, 2.05) is 12.1 Å². The van der Waals surface area contributed by atoms with E-state index < -0.39 is 10.0 Å². The van der Waals surface area contributed by atoms with E-state index in [9.17, 15) is 8.42 Å². The van der Waals surface area contributed by atoms with Gasteiger partial charge >= 0.3 is 0 Å². The van der Waals surface area contributed by atoms with Gasteiger partial charge in [-0.2, -0.15) is 0 Å². The number of hydrogen-bond acceptors (Lipinski definition) is 6. The van der Waals surface area contributed by atoms with Crippen LogP contribution in [0.25, 0.3) is 10.9 Å². The molecule has 0 unspecified atom stereocenters. The van der Waals surface area contributed by atoms with Crippen LogP contribution >= 0.6 is 0 Å². The van der Waals surface area contributed by atoms with Crippen LogP contribution in [0.2, 0.25) is 0 Å². The SMILES string of the molecule is COc1ccc2cnc(Nc3cccc(S(N)(=O)=O)c3)nc2c1. The van der Waals surface area contributed by atoms with Crippen LogP contribution in [-0.4, -0.2) is 25.5 Å². The minimum atomic E-state index is -3.76. The number of primary sulfonamides is 1. The number of nitrogens with one attached hydrogen (secondary N) is 1. The van der Waals surface area contributed by atoms with Crippen molar-refractivity contribution in [3.63, 3.8) is 0 Å². The molecule has 1 heterocycles. The van der Waals surface area contributed by atoms with Gasteiger partial charge < -0.3 is 10.1 Å². The molecule has 0 radical (unpaired) electrons. The first-order valence-electron chi connectivity index (χ1n) is 6.66. The van der Waals surface area contributed by atoms with E-state index in [1.54, 1.807) is 31.5 Å². The van der Waals surface area contributed by atoms with E-state index in [2.05, 4.69) is 15.3 Å². The van der Waals surface area contributed by atoms with Crippen LogP contribution in [0.4, 0.5) is 11.6 Å². The smallest absolute Gasteiger partial charge is 0.238 e. The Labute approximate surface area is 133 Å². The van der Waals surface area contributed by atoms with Gasteiger partial charge in [0.15, 0.2) is 0 Å². The molecule has 0 aliphatic carbocycles. The second-order valence-electron chi connectivity index (χ2n) is 4.82. The van der Waals surface area contributed by atoms with Crippen molar-refractivity contribution >= 4 is 32.6 Å². The van der Waals surface area contributed by atoms with E-state index in [0.29, 0.717) is 22.9 Å². The largest absolute Gasteiger partial charge is 0.497 e. The summed E-state index contributed by atoms with van der Waals surface area (Å²) in [4.78, 5) is 8.61. The third-order valence-electron chi connectivity index (χ3n) is 3.21. The molecule has 3 rings (SSSR count). The summed E-state index contributed by atoms with van der Waals surface area (Å²) in [6, 6.07) is 11.6. The molecule has 2 aromatic carbocycles. The fraction of sp³-hybridized carbons (Fsp3) is 0.0667. The summed E-state index contributed by atoms with van der Waals surface area (Å²) < 4.78 is 27.9. The van der Waals surface area contributed by atoms with Crippen LogP contribution in [0, 0.1) is 0 Å². The van der Waals surface area contributed by atoms with Crippen LogP contribution < -0.4 is 15.2 Å². The molecule has 0 saturated carbocycles. The fourth-order valence-corrected chi connectivity index (χ4v) is 2.63. The van der Waals surface area contributed by atoms with Crippen molar-refractivity contribution in [1.29, 1.82) is 0 Å². The summed E-state index contributed by atoms with van der Waals surface area (Å²) in [5.41, 5.74) is 1.24. The number of anilines is 2. The maximum Gasteiger partial charge on any atom is 0.238 e. The van der Waals surface area contributed by atoms with E-state index in [1.165, 1.54) is 12.1 Å². The molecular formula is C15H14N4O3S. The van der Waals surface area contributed by atoms with Crippen LogP contribution in [0.3, 0.4) is 0 Å². The lowest BCUT2D eigenvalue weighted by atomic mass is 10.2. The lowest BCUT2D eigenvalue weighted by Crippen LogP contribution is -2.12. The first-order chi connectivity index (χ1) is 11.0. The normalized spacial score (nSPS) is 11.4. The van der Waals surface area contributed by atoms with Gasteiger partial charge in [0.05, 0.1) is 17.5 Å². The molecule has 23 heavy (non-hydrogen) atoms. The van der Waals surface area contributed by atoms with Crippen LogP contribution in [0.1, 0.15) is 0 Å². The van der Waals surface area contributed by atoms with Gasteiger partial charge in [0.1, 0.15) is 5.75 Å². The molecule has 0 fully saturated rings. The van der Waals surface area contributed by atoms with Gasteiger partial charge in [-0.25, -0.2) is 23.5 Å². The molecule has 3 aromatic rings. The van der Waals surface area contributed by atoms with E-state index >= 15 is 0 Å². The monoisotopic (exact) mass is 330 g/mol. The Kier molecular flexibility index (Phi) is 3.85. The predicted molar refractivity (Wildman–Crippen MR) is 87.2 cm³/mol. The molecule has 3 N–H and O–H groups in total. The number of aromatic nitrogens is 2. The number of nitrogens with two attached hydrogens (primary N) is 1. The number of rotatable bonds is 4. The molecule has 8 heteroatoms. The number of nitrogens with zero attached hydrogens (tertiary/aromatic N) is 2. The zero-order valence-corrected chi connectivity index (χ0v) is 13.0. The van der Waals surface area contributed by atoms with Gasteiger partial charge in [0.2, 0.25) is 16.0 Å². The Balaban J connectivity index is 1.95. The molecule has 118 valence electrons. The molecule has 0 amide bonds. The number of methoxy groups -OCH3 is 1. The van der Waals surface area contributed by atoms with Gasteiger partial charge in [-0.05, 0) is 30.3 Å². The van der Waals surface area contributed by atoms with Gasteiger partial charge in [0.25, 0.3) is 0 Å². The quantitative estimate of drug-likeness (QED) is 0.758. The summed E-state index contributed by atoms with van der Waals surface area (Å²) in [5, 5.41) is 8.96. The maximum absolute atomic E-state index is 11.4. The Morgan fingerprint density at radius 1 is 1.17 bits per heavy atom. The van der Waals surface area contributed by atoms with Crippen molar-refractivity contribution in [1.82, 2.24) is 9.97 Å². The van der Waals surface area contributed by atoms with Crippen molar-refractivity contribution in [3.05, 3.63) is 48.7 Å². The van der Waals surface area contributed by atoms with Gasteiger partial charge in [-0.15, -0.1) is 0 Å². The first-order valence-corrected chi connectivity index (χ1v) is 8.21. The second-order valence-corrected chi connectivity index (χ2v) is 6.38. The number of hydrogen-bond donors (Lipinski definition) is 2. The molecular weight excluding hydrogens is 316 g/mol. The first kappa shape index (κ1) is 15.2. The van der Waals surface area contributed by atoms with Crippen molar-refractivity contribution in [2.45, 2.75) is 4.90 Å². The van der Waals surface area contributed by atoms with Gasteiger partial charge in [-0.3, -0.25) is 0 Å². The Bertz CT molecular complexity index is 973. The van der Waals surface area contributed by atoms with Crippen LogP contribution in [0.15, 0.2) is 53.6 Å². The maximum atomic E-state index is 11.4. The van der Waals surface area contributed by atoms with E-state index in [4.69, 9.17) is 9.88 Å². The van der Waals surface area contributed by atoms with Crippen molar-refractivity contribution in [2.24, 2.45) is 5.14 Å². The highest BCUT2D eigenvalue weighted by molar-refractivity contribution is 7.89. The Hall–Kier alpha value is -2.71. The summed E-state index contributed by atoms with van der Waals surface area (Å²) in [6.07, 6.45) is 1.67. The van der Waals surface area contributed by atoms with Crippen LogP contribution in [-0.2, 0) is 10.0 Å². The molecule has 0 aliphatic rings. The molecule has 0 saturated heterocycles. The summed E-state index contributed by atoms with van der Waals surface area (Å²) in [6.45, 7) is 0. The molecule has 0 spiro atoms. The standard InChI is InChI=1S/C15H14N4O3S/c1-22-12-6-5-10-9-17-15(19-14(10)8-12)18-11-3-2-4-13(7-11)23(16,20)21/h2-9H,1H3,(H2,16,20,21)(H,17,18,19). The topological polar surface area (TPSA) is 107 Å². The lowest BCUT2D eigenvalue weighted by molar-refractivity contribution is 0.415. The minimum Gasteiger partial charge on any atom is -0.497 e. The number of fused-ring (bicyclic) bond motifs is 1. The zero-order chi connectivity index (χ0) is 16.4. The Morgan fingerprint density at radius 2 is 2.00 bits per heavy atom. The molecule has 0 atom stereocenters. The fourth-order valence-electron chi connectivity index (χ4n) is 2.07. The molecule has 7 nitrogen and oxygen atoms in total. The molecule has 0 bridgehead atoms. The number of ether oxygens (including phenoxy) is 1. The molecule has 1 aromatic heterocycles. The number of sulfonamides is 1. The van der Waals surface area contributed by atoms with E-state index in [0.717, 1.165) is 5.39 Å². The minimum absolute atomic E-state index is 0.0185. The predicted octanol–water partition coefficient (Wildman–Crippen LogP) is 2.03. The van der Waals surface area contributed by atoms with Gasteiger partial charge in [0, 0.05) is 23.3 Å². The van der Waals surface area contributed by atoms with Crippen LogP contribution in [0.5, 0.6) is 5.75 Å². The third kappa shape index (κ3) is 3.38. The lowest BCUT2D eigenvalue weighted by Gasteiger charge is -2.07. The van der Waals surface area contributed by atoms with Crippen molar-refractivity contribution < 1.29 is 13.2 Å². The zero-order valence-electron chi connectivity index (χ0n) is 12.2. The summed E-state index contributed by atoms with van der Waals surface area (Å²) in [7, 11) is -2.18. The average Bonchev–Trinajstić information content (AvgIpc) is 2.53. The third-order valence-corrected chi connectivity index (χ3v) is 4.12. The average molecular weight is 330 g/mol. The summed E-state index contributed by atoms with van der Waals surface area (Å²) >= 11 is 0. The highest BCUT2D eigenvalue weighted by atomic mass is 32.2. The van der Waals surface area contributed by atoms with Crippen molar-refractivity contribution in [3.8, 4) is 5.75 Å². The number of benzene rings is 2. The Morgan fingerprint density at radius 3 is 2.74 bits per heavy atom. The van der Waals surface area contributed by atoms with Gasteiger partial charge in [-0.1, -0.05) is 6.07 Å². The van der Waals surface area contributed by atoms with E-state index in [-0.39, 0.29) is 4.90 Å². The highest BCUT2D eigenvalue weighted by Crippen LogP contribution is 2.21. The summed E-state index contributed by atoms with van der Waals surface area (Å²) in [5.74, 6) is 1.04. The molecule has 0 aliphatic heterocycles. The van der Waals surface area contributed by atoms with Crippen molar-refractivity contribution in [2.75, 3.05) is 12.4 Å².